The van der Waals surface area contributed by atoms with Crippen molar-refractivity contribution in [3.8, 4) is 0 Å². The van der Waals surface area contributed by atoms with Gasteiger partial charge in [0, 0.05) is 32.8 Å². The van der Waals surface area contributed by atoms with Gasteiger partial charge in [-0.2, -0.15) is 0 Å². The molecular weight excluding hydrogens is 248 g/mol. The molecule has 0 aromatic heterocycles. The van der Waals surface area contributed by atoms with Gasteiger partial charge in [0.15, 0.2) is 0 Å². The number of ether oxygens (including phenoxy) is 1. The summed E-state index contributed by atoms with van der Waals surface area (Å²) in [6.07, 6.45) is 5.11. The predicted octanol–water partition coefficient (Wildman–Crippen LogP) is 3.01. The first-order valence-electron chi connectivity index (χ1n) is 8.49. The van der Waals surface area contributed by atoms with Gasteiger partial charge in [-0.3, -0.25) is 0 Å². The van der Waals surface area contributed by atoms with Crippen molar-refractivity contribution in [3.05, 3.63) is 0 Å². The maximum atomic E-state index is 5.15. The van der Waals surface area contributed by atoms with Crippen LogP contribution in [0.25, 0.3) is 0 Å². The lowest BCUT2D eigenvalue weighted by Gasteiger charge is -2.42. The molecule has 1 rings (SSSR count). The first-order valence-corrected chi connectivity index (χ1v) is 8.49. The van der Waals surface area contributed by atoms with Crippen LogP contribution >= 0.6 is 0 Å². The van der Waals surface area contributed by atoms with Crippen LogP contribution < -0.4 is 5.32 Å². The van der Waals surface area contributed by atoms with Crippen molar-refractivity contribution in [1.29, 1.82) is 0 Å². The zero-order chi connectivity index (χ0) is 15.0. The second-order valence-electron chi connectivity index (χ2n) is 6.89. The molecule has 0 aliphatic heterocycles. The van der Waals surface area contributed by atoms with Crippen molar-refractivity contribution >= 4 is 0 Å². The summed E-state index contributed by atoms with van der Waals surface area (Å²) >= 11 is 0. The number of nitrogens with zero attached hydrogens (tertiary/aromatic N) is 1. The van der Waals surface area contributed by atoms with E-state index in [1.54, 1.807) is 7.11 Å². The van der Waals surface area contributed by atoms with E-state index in [1.165, 1.54) is 25.8 Å². The summed E-state index contributed by atoms with van der Waals surface area (Å²) in [5.74, 6) is 2.50. The largest absolute Gasteiger partial charge is 0.385 e. The van der Waals surface area contributed by atoms with Crippen molar-refractivity contribution in [3.63, 3.8) is 0 Å². The summed E-state index contributed by atoms with van der Waals surface area (Å²) in [7, 11) is 4.05. The molecule has 3 heteroatoms. The molecule has 0 bridgehead atoms. The first-order chi connectivity index (χ1) is 9.58. The molecule has 1 aliphatic carbocycles. The Hall–Kier alpha value is -0.120. The molecular formula is C17H36N2O. The summed E-state index contributed by atoms with van der Waals surface area (Å²) < 4.78 is 5.15. The van der Waals surface area contributed by atoms with Crippen molar-refractivity contribution in [1.82, 2.24) is 10.2 Å². The Morgan fingerprint density at radius 1 is 1.25 bits per heavy atom. The quantitative estimate of drug-likeness (QED) is 0.659. The second kappa shape index (κ2) is 9.75. The zero-order valence-electron chi connectivity index (χ0n) is 14.3. The monoisotopic (exact) mass is 284 g/mol. The lowest BCUT2D eigenvalue weighted by Crippen LogP contribution is -2.48. The minimum absolute atomic E-state index is 0.707. The van der Waals surface area contributed by atoms with E-state index in [4.69, 9.17) is 4.74 Å². The van der Waals surface area contributed by atoms with Crippen molar-refractivity contribution < 1.29 is 4.74 Å². The molecule has 0 spiro atoms. The fraction of sp³-hybridized carbons (Fsp3) is 1.00. The standard InChI is InChI=1S/C17H36N2O/c1-6-8-18-17-12-14(2)11-15(3)16(17)13-19(4)9-7-10-20-5/h14-18H,6-13H2,1-5H3. The molecule has 0 radical (unpaired) electrons. The smallest absolute Gasteiger partial charge is 0.0474 e. The van der Waals surface area contributed by atoms with E-state index < -0.39 is 0 Å². The van der Waals surface area contributed by atoms with Gasteiger partial charge in [0.25, 0.3) is 0 Å². The van der Waals surface area contributed by atoms with Gasteiger partial charge in [-0.1, -0.05) is 20.8 Å². The van der Waals surface area contributed by atoms with E-state index in [1.807, 2.05) is 0 Å². The van der Waals surface area contributed by atoms with Gasteiger partial charge in [0.05, 0.1) is 0 Å². The lowest BCUT2D eigenvalue weighted by molar-refractivity contribution is 0.105. The van der Waals surface area contributed by atoms with Gasteiger partial charge < -0.3 is 15.0 Å². The SMILES string of the molecule is CCCNC1CC(C)CC(C)C1CN(C)CCCOC. The number of nitrogens with one attached hydrogen (secondary N) is 1. The maximum absolute atomic E-state index is 5.15. The molecule has 1 fully saturated rings. The van der Waals surface area contributed by atoms with Crippen LogP contribution in [0, 0.1) is 17.8 Å². The molecule has 0 amide bonds. The number of hydrogen-bond donors (Lipinski definition) is 1. The number of rotatable bonds is 9. The molecule has 20 heavy (non-hydrogen) atoms. The van der Waals surface area contributed by atoms with Crippen LogP contribution in [0.2, 0.25) is 0 Å². The third-order valence-corrected chi connectivity index (χ3v) is 4.75. The van der Waals surface area contributed by atoms with Crippen LogP contribution in [-0.2, 0) is 4.74 Å². The Bertz CT molecular complexity index is 247. The van der Waals surface area contributed by atoms with Gasteiger partial charge in [-0.25, -0.2) is 0 Å². The Kier molecular flexibility index (Phi) is 8.74. The minimum atomic E-state index is 0.707. The molecule has 3 nitrogen and oxygen atoms in total. The van der Waals surface area contributed by atoms with E-state index >= 15 is 0 Å². The highest BCUT2D eigenvalue weighted by atomic mass is 16.5. The van der Waals surface area contributed by atoms with Crippen molar-refractivity contribution in [2.75, 3.05) is 40.4 Å². The van der Waals surface area contributed by atoms with Crippen molar-refractivity contribution in [2.24, 2.45) is 17.8 Å². The zero-order valence-corrected chi connectivity index (χ0v) is 14.3. The highest BCUT2D eigenvalue weighted by Crippen LogP contribution is 2.34. The molecule has 0 saturated heterocycles. The normalized spacial score (nSPS) is 30.9. The molecule has 4 unspecified atom stereocenters. The third kappa shape index (κ3) is 6.11. The summed E-state index contributed by atoms with van der Waals surface area (Å²) in [4.78, 5) is 2.50. The second-order valence-corrected chi connectivity index (χ2v) is 6.89. The Labute approximate surface area is 126 Å². The molecule has 0 heterocycles. The fourth-order valence-corrected chi connectivity index (χ4v) is 3.71. The number of methoxy groups -OCH3 is 1. The summed E-state index contributed by atoms with van der Waals surface area (Å²) in [6, 6.07) is 0.707. The van der Waals surface area contributed by atoms with E-state index in [0.29, 0.717) is 6.04 Å². The van der Waals surface area contributed by atoms with Crippen LogP contribution in [0.5, 0.6) is 0 Å². The van der Waals surface area contributed by atoms with E-state index in [9.17, 15) is 0 Å². The Balaban J connectivity index is 2.47. The fourth-order valence-electron chi connectivity index (χ4n) is 3.71. The average molecular weight is 284 g/mol. The summed E-state index contributed by atoms with van der Waals surface area (Å²) in [5, 5.41) is 3.80. The summed E-state index contributed by atoms with van der Waals surface area (Å²) in [6.45, 7) is 11.5. The number of hydrogen-bond acceptors (Lipinski definition) is 3. The molecule has 120 valence electrons. The van der Waals surface area contributed by atoms with Gasteiger partial charge in [-0.15, -0.1) is 0 Å². The molecule has 0 aromatic rings. The molecule has 4 atom stereocenters. The molecule has 0 aromatic carbocycles. The minimum Gasteiger partial charge on any atom is -0.385 e. The topological polar surface area (TPSA) is 24.5 Å². The van der Waals surface area contributed by atoms with E-state index in [2.05, 4.69) is 38.0 Å². The van der Waals surface area contributed by atoms with Gasteiger partial charge in [0.1, 0.15) is 0 Å². The molecule has 1 aliphatic rings. The van der Waals surface area contributed by atoms with Crippen molar-refractivity contribution in [2.45, 2.75) is 52.5 Å². The first kappa shape index (κ1) is 17.9. The molecule has 1 N–H and O–H groups in total. The molecule has 1 saturated carbocycles. The average Bonchev–Trinajstić information content (AvgIpc) is 2.40. The lowest BCUT2D eigenvalue weighted by atomic mass is 9.72. The van der Waals surface area contributed by atoms with Gasteiger partial charge >= 0.3 is 0 Å². The third-order valence-electron chi connectivity index (χ3n) is 4.75. The van der Waals surface area contributed by atoms with Crippen LogP contribution in [0.1, 0.15) is 46.5 Å². The van der Waals surface area contributed by atoms with E-state index in [-0.39, 0.29) is 0 Å². The van der Waals surface area contributed by atoms with Gasteiger partial charge in [-0.05, 0) is 57.0 Å². The van der Waals surface area contributed by atoms with Crippen LogP contribution in [0.4, 0.5) is 0 Å². The Morgan fingerprint density at radius 2 is 2.00 bits per heavy atom. The van der Waals surface area contributed by atoms with Crippen LogP contribution in [0.15, 0.2) is 0 Å². The van der Waals surface area contributed by atoms with Crippen LogP contribution in [0.3, 0.4) is 0 Å². The van der Waals surface area contributed by atoms with E-state index in [0.717, 1.165) is 43.9 Å². The maximum Gasteiger partial charge on any atom is 0.0474 e. The predicted molar refractivity (Wildman–Crippen MR) is 87.1 cm³/mol. The highest BCUT2D eigenvalue weighted by Gasteiger charge is 2.33. The van der Waals surface area contributed by atoms with Gasteiger partial charge in [0.2, 0.25) is 0 Å². The van der Waals surface area contributed by atoms with Crippen LogP contribution in [-0.4, -0.2) is 51.3 Å². The summed E-state index contributed by atoms with van der Waals surface area (Å²) in [5.41, 5.74) is 0. The Morgan fingerprint density at radius 3 is 2.65 bits per heavy atom. The highest BCUT2D eigenvalue weighted by molar-refractivity contribution is 4.89.